The molecule has 4 rings (SSSR count). The van der Waals surface area contributed by atoms with E-state index in [0.717, 1.165) is 18.7 Å². The van der Waals surface area contributed by atoms with Gasteiger partial charge in [0.1, 0.15) is 5.58 Å². The molecular weight excluding hydrogens is 234 g/mol. The van der Waals surface area contributed by atoms with Gasteiger partial charge in [0.15, 0.2) is 0 Å². The van der Waals surface area contributed by atoms with Crippen molar-refractivity contribution in [3.8, 4) is 0 Å². The van der Waals surface area contributed by atoms with E-state index in [2.05, 4.69) is 47.8 Å². The molecule has 19 heavy (non-hydrogen) atoms. The Balaban J connectivity index is 1.84. The van der Waals surface area contributed by atoms with Crippen molar-refractivity contribution in [1.82, 2.24) is 5.32 Å². The molecule has 0 saturated heterocycles. The first-order valence-electron chi connectivity index (χ1n) is 6.67. The third kappa shape index (κ3) is 1.76. The molecule has 0 spiro atoms. The zero-order valence-corrected chi connectivity index (χ0v) is 10.6. The van der Waals surface area contributed by atoms with E-state index in [1.807, 2.05) is 6.07 Å². The lowest BCUT2D eigenvalue weighted by atomic mass is 9.85. The van der Waals surface area contributed by atoms with Crippen molar-refractivity contribution in [1.29, 1.82) is 0 Å². The van der Waals surface area contributed by atoms with Crippen molar-refractivity contribution in [3.63, 3.8) is 0 Å². The highest BCUT2D eigenvalue weighted by atomic mass is 16.3. The van der Waals surface area contributed by atoms with Crippen molar-refractivity contribution < 1.29 is 4.42 Å². The molecule has 3 aromatic rings. The van der Waals surface area contributed by atoms with Crippen molar-refractivity contribution in [3.05, 3.63) is 71.5 Å². The molecule has 1 atom stereocenters. The molecule has 1 aliphatic heterocycles. The first kappa shape index (κ1) is 10.8. The minimum Gasteiger partial charge on any atom is -0.464 e. The Hall–Kier alpha value is -2.06. The Labute approximate surface area is 112 Å². The Bertz CT molecular complexity index is 729. The third-order valence-corrected chi connectivity index (χ3v) is 3.98. The number of fused-ring (bicyclic) bond motifs is 2. The van der Waals surface area contributed by atoms with E-state index in [9.17, 15) is 0 Å². The maximum atomic E-state index is 5.52. The highest BCUT2D eigenvalue weighted by Gasteiger charge is 2.21. The Morgan fingerprint density at radius 2 is 2.00 bits per heavy atom. The molecule has 0 radical (unpaired) electrons. The first-order valence-corrected chi connectivity index (χ1v) is 6.67. The van der Waals surface area contributed by atoms with Crippen LogP contribution in [-0.2, 0) is 6.54 Å². The summed E-state index contributed by atoms with van der Waals surface area (Å²) in [5.74, 6) is 0.416. The van der Waals surface area contributed by atoms with Crippen LogP contribution in [0.5, 0.6) is 0 Å². The molecule has 0 bridgehead atoms. The van der Waals surface area contributed by atoms with Crippen LogP contribution in [0.1, 0.15) is 22.6 Å². The van der Waals surface area contributed by atoms with Gasteiger partial charge in [0.2, 0.25) is 0 Å². The lowest BCUT2D eigenvalue weighted by Gasteiger charge is -2.26. The summed E-state index contributed by atoms with van der Waals surface area (Å²) in [6.45, 7) is 1.96. The number of hydrogen-bond acceptors (Lipinski definition) is 2. The van der Waals surface area contributed by atoms with Crippen LogP contribution in [0.25, 0.3) is 11.0 Å². The minimum absolute atomic E-state index is 0.416. The minimum atomic E-state index is 0.416. The summed E-state index contributed by atoms with van der Waals surface area (Å²) in [5, 5.41) is 4.67. The molecule has 94 valence electrons. The van der Waals surface area contributed by atoms with Crippen molar-refractivity contribution in [2.75, 3.05) is 6.54 Å². The molecule has 0 unspecified atom stereocenters. The van der Waals surface area contributed by atoms with Crippen LogP contribution < -0.4 is 5.32 Å². The number of hydrogen-bond donors (Lipinski definition) is 1. The maximum Gasteiger partial charge on any atom is 0.134 e. The summed E-state index contributed by atoms with van der Waals surface area (Å²) in [6.07, 6.45) is 1.75. The Morgan fingerprint density at radius 1 is 1.05 bits per heavy atom. The Morgan fingerprint density at radius 3 is 3.00 bits per heavy atom. The average Bonchev–Trinajstić information content (AvgIpc) is 2.94. The SMILES string of the molecule is c1ccc2c(c1)CNC[C@@H]2c1ccc2ccoc2c1. The van der Waals surface area contributed by atoms with Crippen LogP contribution in [0.4, 0.5) is 0 Å². The number of nitrogens with one attached hydrogen (secondary N) is 1. The second-order valence-electron chi connectivity index (χ2n) is 5.10. The van der Waals surface area contributed by atoms with Gasteiger partial charge in [0.25, 0.3) is 0 Å². The normalized spacial score (nSPS) is 18.4. The summed E-state index contributed by atoms with van der Waals surface area (Å²) >= 11 is 0. The van der Waals surface area contributed by atoms with Crippen LogP contribution in [0.3, 0.4) is 0 Å². The van der Waals surface area contributed by atoms with Gasteiger partial charge in [-0.1, -0.05) is 36.4 Å². The first-order chi connectivity index (χ1) is 9.42. The lowest BCUT2D eigenvalue weighted by Crippen LogP contribution is -2.28. The zero-order valence-electron chi connectivity index (χ0n) is 10.6. The summed E-state index contributed by atoms with van der Waals surface area (Å²) < 4.78 is 5.52. The number of benzene rings is 2. The molecule has 2 aromatic carbocycles. The molecule has 1 N–H and O–H groups in total. The van der Waals surface area contributed by atoms with Crippen LogP contribution in [0.2, 0.25) is 0 Å². The lowest BCUT2D eigenvalue weighted by molar-refractivity contribution is 0.588. The molecule has 0 amide bonds. The molecule has 0 saturated carbocycles. The number of furan rings is 1. The van der Waals surface area contributed by atoms with Gasteiger partial charge >= 0.3 is 0 Å². The van der Waals surface area contributed by atoms with Gasteiger partial charge in [-0.25, -0.2) is 0 Å². The second kappa shape index (κ2) is 4.25. The van der Waals surface area contributed by atoms with Gasteiger partial charge in [0, 0.05) is 24.4 Å². The molecule has 2 heterocycles. The van der Waals surface area contributed by atoms with Crippen molar-refractivity contribution >= 4 is 11.0 Å². The molecular formula is C17H15NO. The van der Waals surface area contributed by atoms with Gasteiger partial charge in [-0.15, -0.1) is 0 Å². The van der Waals surface area contributed by atoms with Crippen LogP contribution in [0, 0.1) is 0 Å². The van der Waals surface area contributed by atoms with Gasteiger partial charge in [-0.2, -0.15) is 0 Å². The van der Waals surface area contributed by atoms with E-state index < -0.39 is 0 Å². The highest BCUT2D eigenvalue weighted by Crippen LogP contribution is 2.31. The summed E-state index contributed by atoms with van der Waals surface area (Å²) in [6, 6.07) is 17.2. The standard InChI is InChI=1S/C17H15NO/c1-2-4-15-14(3-1)10-18-11-16(15)13-6-5-12-7-8-19-17(12)9-13/h1-9,16,18H,10-11H2/t16-/m1/s1. The van der Waals surface area contributed by atoms with Crippen molar-refractivity contribution in [2.45, 2.75) is 12.5 Å². The van der Waals surface area contributed by atoms with Crippen LogP contribution in [-0.4, -0.2) is 6.54 Å². The third-order valence-electron chi connectivity index (χ3n) is 3.98. The van der Waals surface area contributed by atoms with E-state index in [0.29, 0.717) is 5.92 Å². The summed E-state index contributed by atoms with van der Waals surface area (Å²) in [4.78, 5) is 0. The van der Waals surface area contributed by atoms with E-state index in [1.165, 1.54) is 22.1 Å². The smallest absolute Gasteiger partial charge is 0.134 e. The predicted molar refractivity (Wildman–Crippen MR) is 76.2 cm³/mol. The van der Waals surface area contributed by atoms with Gasteiger partial charge in [-0.05, 0) is 28.8 Å². The van der Waals surface area contributed by atoms with Crippen LogP contribution >= 0.6 is 0 Å². The fraction of sp³-hybridized carbons (Fsp3) is 0.176. The second-order valence-corrected chi connectivity index (χ2v) is 5.10. The van der Waals surface area contributed by atoms with Gasteiger partial charge in [0.05, 0.1) is 6.26 Å². The molecule has 1 aromatic heterocycles. The van der Waals surface area contributed by atoms with Gasteiger partial charge in [-0.3, -0.25) is 0 Å². The molecule has 0 aliphatic carbocycles. The summed E-state index contributed by atoms with van der Waals surface area (Å²) in [7, 11) is 0. The topological polar surface area (TPSA) is 25.2 Å². The Kier molecular flexibility index (Phi) is 2.42. The van der Waals surface area contributed by atoms with E-state index >= 15 is 0 Å². The zero-order chi connectivity index (χ0) is 12.7. The van der Waals surface area contributed by atoms with Crippen LogP contribution in [0.15, 0.2) is 59.2 Å². The highest BCUT2D eigenvalue weighted by molar-refractivity contribution is 5.78. The van der Waals surface area contributed by atoms with Gasteiger partial charge < -0.3 is 9.73 Å². The quantitative estimate of drug-likeness (QED) is 0.712. The maximum absolute atomic E-state index is 5.52. The fourth-order valence-electron chi connectivity index (χ4n) is 2.98. The fourth-order valence-corrected chi connectivity index (χ4v) is 2.98. The van der Waals surface area contributed by atoms with E-state index in [4.69, 9.17) is 4.42 Å². The molecule has 2 heteroatoms. The van der Waals surface area contributed by atoms with E-state index in [1.54, 1.807) is 6.26 Å². The number of rotatable bonds is 1. The molecule has 0 fully saturated rings. The van der Waals surface area contributed by atoms with E-state index in [-0.39, 0.29) is 0 Å². The monoisotopic (exact) mass is 249 g/mol. The average molecular weight is 249 g/mol. The predicted octanol–water partition coefficient (Wildman–Crippen LogP) is 3.67. The largest absolute Gasteiger partial charge is 0.464 e. The summed E-state index contributed by atoms with van der Waals surface area (Å²) in [5.41, 5.74) is 5.13. The molecule has 1 aliphatic rings. The molecule has 2 nitrogen and oxygen atoms in total. The van der Waals surface area contributed by atoms with Crippen molar-refractivity contribution in [2.24, 2.45) is 0 Å².